The van der Waals surface area contributed by atoms with Gasteiger partial charge < -0.3 is 9.30 Å². The molecule has 0 aromatic carbocycles. The van der Waals surface area contributed by atoms with Crippen molar-refractivity contribution in [1.82, 2.24) is 19.5 Å². The molecule has 104 valence electrons. The molecule has 0 amide bonds. The fourth-order valence-corrected chi connectivity index (χ4v) is 3.60. The minimum Gasteiger partial charge on any atom is -0.462 e. The first-order valence-corrected chi connectivity index (χ1v) is 7.03. The maximum absolute atomic E-state index is 11.1. The third kappa shape index (κ3) is 1.71. The molecule has 0 bridgehead atoms. The molecular formula is C13H13ClN4O2. The number of fused-ring (bicyclic) bond motifs is 2. The lowest BCUT2D eigenvalue weighted by Gasteiger charge is -2.17. The number of carbonyl (C=O) groups excluding carboxylic acids is 1. The van der Waals surface area contributed by atoms with Gasteiger partial charge in [-0.1, -0.05) is 11.6 Å². The zero-order chi connectivity index (χ0) is 13.9. The summed E-state index contributed by atoms with van der Waals surface area (Å²) in [6.45, 7) is 1.46. The number of hydrogen-bond acceptors (Lipinski definition) is 5. The molecule has 2 saturated carbocycles. The van der Waals surface area contributed by atoms with Crippen molar-refractivity contribution < 1.29 is 9.53 Å². The van der Waals surface area contributed by atoms with Crippen LogP contribution in [-0.4, -0.2) is 31.6 Å². The van der Waals surface area contributed by atoms with Gasteiger partial charge in [-0.05, 0) is 12.3 Å². The summed E-state index contributed by atoms with van der Waals surface area (Å²) in [5, 5.41) is 0.371. The number of carbonyl (C=O) groups is 1. The Hall–Kier alpha value is -1.69. The summed E-state index contributed by atoms with van der Waals surface area (Å²) < 4.78 is 7.45. The van der Waals surface area contributed by atoms with Gasteiger partial charge >= 0.3 is 5.97 Å². The highest BCUT2D eigenvalue weighted by atomic mass is 35.5. The molecule has 0 saturated heterocycles. The molecule has 4 rings (SSSR count). The average molecular weight is 293 g/mol. The van der Waals surface area contributed by atoms with Crippen LogP contribution in [0.4, 0.5) is 0 Å². The van der Waals surface area contributed by atoms with Gasteiger partial charge in [0.15, 0.2) is 10.8 Å². The molecule has 0 N–H and O–H groups in total. The van der Waals surface area contributed by atoms with E-state index in [0.717, 1.165) is 18.5 Å². The predicted molar refractivity (Wildman–Crippen MR) is 71.1 cm³/mol. The summed E-state index contributed by atoms with van der Waals surface area (Å²) in [4.78, 5) is 23.7. The molecule has 7 heteroatoms. The molecule has 2 fully saturated rings. The Bertz CT molecular complexity index is 701. The number of rotatable bonds is 2. The van der Waals surface area contributed by atoms with Crippen LogP contribution in [0.25, 0.3) is 11.2 Å². The summed E-state index contributed by atoms with van der Waals surface area (Å²) in [6.07, 6.45) is 5.16. The first kappa shape index (κ1) is 12.1. The monoisotopic (exact) mass is 292 g/mol. The van der Waals surface area contributed by atoms with Gasteiger partial charge in [-0.15, -0.1) is 0 Å². The van der Waals surface area contributed by atoms with Crippen LogP contribution >= 0.6 is 11.6 Å². The second kappa shape index (κ2) is 4.15. The van der Waals surface area contributed by atoms with Crippen molar-refractivity contribution >= 4 is 28.7 Å². The predicted octanol–water partition coefficient (Wildman–Crippen LogP) is 1.99. The van der Waals surface area contributed by atoms with E-state index in [1.807, 2.05) is 0 Å². The highest BCUT2D eigenvalue weighted by Crippen LogP contribution is 2.58. The molecule has 0 radical (unpaired) electrons. The van der Waals surface area contributed by atoms with Gasteiger partial charge in [-0.3, -0.25) is 4.79 Å². The summed E-state index contributed by atoms with van der Waals surface area (Å²) in [7, 11) is 0. The first-order chi connectivity index (χ1) is 9.65. The molecule has 2 heterocycles. The second-order valence-corrected chi connectivity index (χ2v) is 5.86. The minimum atomic E-state index is -0.206. The van der Waals surface area contributed by atoms with Crippen molar-refractivity contribution in [2.24, 2.45) is 11.8 Å². The van der Waals surface area contributed by atoms with Crippen LogP contribution in [0, 0.1) is 11.8 Å². The molecule has 2 aliphatic rings. The number of hydrogen-bond donors (Lipinski definition) is 0. The Morgan fingerprint density at radius 2 is 2.20 bits per heavy atom. The minimum absolute atomic E-state index is 0.0252. The number of nitrogens with zero attached hydrogens (tertiary/aromatic N) is 4. The number of ether oxygens (including phenoxy) is 1. The number of esters is 1. The highest BCUT2D eigenvalue weighted by molar-refractivity contribution is 6.33. The SMILES string of the molecule is CC(=O)O[C@@H]1C[C@@H](n2cnc3c(Cl)ncnc32)[C@H]2C[C@H]21. The van der Waals surface area contributed by atoms with Crippen LogP contribution in [0.15, 0.2) is 12.7 Å². The van der Waals surface area contributed by atoms with E-state index in [4.69, 9.17) is 16.3 Å². The smallest absolute Gasteiger partial charge is 0.302 e. The van der Waals surface area contributed by atoms with Gasteiger partial charge in [-0.2, -0.15) is 0 Å². The van der Waals surface area contributed by atoms with Crippen molar-refractivity contribution in [1.29, 1.82) is 0 Å². The van der Waals surface area contributed by atoms with E-state index in [0.29, 0.717) is 22.5 Å². The maximum Gasteiger partial charge on any atom is 0.302 e. The Labute approximate surface area is 120 Å². The van der Waals surface area contributed by atoms with Crippen molar-refractivity contribution in [3.8, 4) is 0 Å². The van der Waals surface area contributed by atoms with Crippen molar-refractivity contribution in [2.75, 3.05) is 0 Å². The normalized spacial score (nSPS) is 31.3. The number of halogens is 1. The van der Waals surface area contributed by atoms with E-state index in [9.17, 15) is 4.79 Å². The molecular weight excluding hydrogens is 280 g/mol. The average Bonchev–Trinajstić information content (AvgIpc) is 2.95. The standard InChI is InChI=1S/C13H13ClN4O2/c1-6(19)20-10-3-9(7-2-8(7)10)18-5-17-11-12(14)15-4-16-13(11)18/h4-5,7-10H,2-3H2,1H3/t7-,8+,9+,10+/m0/s1. The van der Waals surface area contributed by atoms with Crippen LogP contribution in [0.2, 0.25) is 5.15 Å². The zero-order valence-electron chi connectivity index (χ0n) is 10.9. The van der Waals surface area contributed by atoms with Crippen molar-refractivity contribution in [2.45, 2.75) is 31.9 Å². The molecule has 2 aliphatic carbocycles. The largest absolute Gasteiger partial charge is 0.462 e. The lowest BCUT2D eigenvalue weighted by molar-refractivity contribution is -0.147. The van der Waals surface area contributed by atoms with E-state index in [-0.39, 0.29) is 18.1 Å². The molecule has 6 nitrogen and oxygen atoms in total. The van der Waals surface area contributed by atoms with Crippen LogP contribution in [-0.2, 0) is 9.53 Å². The van der Waals surface area contributed by atoms with Crippen LogP contribution < -0.4 is 0 Å². The van der Waals surface area contributed by atoms with Gasteiger partial charge in [0.25, 0.3) is 0 Å². The van der Waals surface area contributed by atoms with Gasteiger partial charge in [-0.25, -0.2) is 15.0 Å². The molecule has 2 aromatic heterocycles. The first-order valence-electron chi connectivity index (χ1n) is 6.65. The van der Waals surface area contributed by atoms with E-state index < -0.39 is 0 Å². The third-order valence-corrected chi connectivity index (χ3v) is 4.60. The summed E-state index contributed by atoms with van der Waals surface area (Å²) >= 11 is 6.03. The van der Waals surface area contributed by atoms with Crippen molar-refractivity contribution in [3.05, 3.63) is 17.8 Å². The van der Waals surface area contributed by atoms with Gasteiger partial charge in [0, 0.05) is 25.3 Å². The summed E-state index contributed by atoms with van der Waals surface area (Å²) in [5.74, 6) is 0.825. The van der Waals surface area contributed by atoms with E-state index in [2.05, 4.69) is 19.5 Å². The summed E-state index contributed by atoms with van der Waals surface area (Å²) in [5.41, 5.74) is 1.38. The van der Waals surface area contributed by atoms with Crippen LogP contribution in [0.1, 0.15) is 25.8 Å². The van der Waals surface area contributed by atoms with Gasteiger partial charge in [0.1, 0.15) is 17.9 Å². The van der Waals surface area contributed by atoms with Gasteiger partial charge in [0.2, 0.25) is 0 Å². The van der Waals surface area contributed by atoms with Crippen molar-refractivity contribution in [3.63, 3.8) is 0 Å². The molecule has 0 spiro atoms. The van der Waals surface area contributed by atoms with Crippen LogP contribution in [0.5, 0.6) is 0 Å². The van der Waals surface area contributed by atoms with Gasteiger partial charge in [0.05, 0.1) is 6.33 Å². The molecule has 2 aromatic rings. The van der Waals surface area contributed by atoms with E-state index >= 15 is 0 Å². The topological polar surface area (TPSA) is 69.9 Å². The van der Waals surface area contributed by atoms with Crippen LogP contribution in [0.3, 0.4) is 0 Å². The Kier molecular flexibility index (Phi) is 2.51. The van der Waals surface area contributed by atoms with E-state index in [1.165, 1.54) is 13.3 Å². The number of aromatic nitrogens is 4. The summed E-state index contributed by atoms with van der Waals surface area (Å²) in [6, 6.07) is 0.278. The quantitative estimate of drug-likeness (QED) is 0.625. The van der Waals surface area contributed by atoms with E-state index in [1.54, 1.807) is 6.33 Å². The maximum atomic E-state index is 11.1. The zero-order valence-corrected chi connectivity index (χ0v) is 11.6. The third-order valence-electron chi connectivity index (χ3n) is 4.33. The Morgan fingerprint density at radius 1 is 1.35 bits per heavy atom. The fraction of sp³-hybridized carbons (Fsp3) is 0.538. The Morgan fingerprint density at radius 3 is 3.00 bits per heavy atom. The lowest BCUT2D eigenvalue weighted by Crippen LogP contribution is -2.18. The molecule has 0 unspecified atom stereocenters. The molecule has 20 heavy (non-hydrogen) atoms. The molecule has 4 atom stereocenters. The lowest BCUT2D eigenvalue weighted by atomic mass is 10.1. The second-order valence-electron chi connectivity index (χ2n) is 5.50. The Balaban J connectivity index is 1.68. The number of imidazole rings is 1. The molecule has 0 aliphatic heterocycles. The highest BCUT2D eigenvalue weighted by Gasteiger charge is 2.56. The fourth-order valence-electron chi connectivity index (χ4n) is 3.43.